The first-order valence-corrected chi connectivity index (χ1v) is 5.82. The highest BCUT2D eigenvalue weighted by Gasteiger charge is 2.33. The summed E-state index contributed by atoms with van der Waals surface area (Å²) < 4.78 is 1.09. The van der Waals surface area contributed by atoms with Gasteiger partial charge in [-0.15, -0.1) is 0 Å². The molecule has 1 heterocycles. The van der Waals surface area contributed by atoms with Crippen LogP contribution in [0.15, 0.2) is 36.5 Å². The fourth-order valence-electron chi connectivity index (χ4n) is 1.85. The molecule has 0 atom stereocenters. The largest absolute Gasteiger partial charge is 0.382 e. The van der Waals surface area contributed by atoms with E-state index in [-0.39, 0.29) is 17.3 Å². The lowest BCUT2D eigenvalue weighted by atomic mass is 9.84. The summed E-state index contributed by atoms with van der Waals surface area (Å²) >= 11 is 0. The van der Waals surface area contributed by atoms with Crippen molar-refractivity contribution in [2.45, 2.75) is 19.3 Å². The predicted octanol–water partition coefficient (Wildman–Crippen LogP) is 1.95. The quantitative estimate of drug-likeness (QED) is 0.887. The fourth-order valence-corrected chi connectivity index (χ4v) is 1.85. The highest BCUT2D eigenvalue weighted by Crippen LogP contribution is 2.26. The van der Waals surface area contributed by atoms with Gasteiger partial charge in [-0.3, -0.25) is 4.79 Å². The summed E-state index contributed by atoms with van der Waals surface area (Å²) in [6, 6.07) is 11.3. The molecule has 0 aliphatic heterocycles. The standard InChI is InChI=1S/C14H14N4O/c1-14(2,11-6-4-3-5-7-11)13(19)18-12(16)10(8-15)9-17-18/h3-7,9H,16H2,1-2H3. The third kappa shape index (κ3) is 2.08. The Kier molecular flexibility index (Phi) is 3.09. The summed E-state index contributed by atoms with van der Waals surface area (Å²) in [6.45, 7) is 3.61. The van der Waals surface area contributed by atoms with Crippen molar-refractivity contribution in [2.75, 3.05) is 5.73 Å². The maximum atomic E-state index is 12.5. The van der Waals surface area contributed by atoms with Crippen LogP contribution in [0.25, 0.3) is 0 Å². The van der Waals surface area contributed by atoms with E-state index in [1.54, 1.807) is 13.8 Å². The van der Waals surface area contributed by atoms with Crippen molar-refractivity contribution in [3.05, 3.63) is 47.7 Å². The molecule has 0 aliphatic rings. The summed E-state index contributed by atoms with van der Waals surface area (Å²) in [7, 11) is 0. The van der Waals surface area contributed by atoms with Gasteiger partial charge in [0.2, 0.25) is 0 Å². The van der Waals surface area contributed by atoms with Crippen LogP contribution in [-0.2, 0) is 5.41 Å². The van der Waals surface area contributed by atoms with Gasteiger partial charge in [-0.25, -0.2) is 0 Å². The van der Waals surface area contributed by atoms with Crippen molar-refractivity contribution in [1.29, 1.82) is 5.26 Å². The Hall–Kier alpha value is -2.61. The highest BCUT2D eigenvalue weighted by molar-refractivity contribution is 5.91. The lowest BCUT2D eigenvalue weighted by Gasteiger charge is -2.23. The minimum Gasteiger partial charge on any atom is -0.382 e. The number of nitrogens with two attached hydrogens (primary N) is 1. The van der Waals surface area contributed by atoms with Crippen LogP contribution in [-0.4, -0.2) is 15.7 Å². The number of carbonyl (C=O) groups is 1. The summed E-state index contributed by atoms with van der Waals surface area (Å²) in [5.74, 6) is -0.186. The van der Waals surface area contributed by atoms with Crippen LogP contribution < -0.4 is 5.73 Å². The van der Waals surface area contributed by atoms with Gasteiger partial charge >= 0.3 is 0 Å². The number of hydrogen-bond donors (Lipinski definition) is 1. The Morgan fingerprint density at radius 1 is 1.37 bits per heavy atom. The van der Waals surface area contributed by atoms with Crippen molar-refractivity contribution in [1.82, 2.24) is 9.78 Å². The number of aromatic nitrogens is 2. The van der Waals surface area contributed by atoms with Gasteiger partial charge in [-0.1, -0.05) is 30.3 Å². The molecular weight excluding hydrogens is 240 g/mol. The van der Waals surface area contributed by atoms with Crippen LogP contribution in [0.3, 0.4) is 0 Å². The second-order valence-electron chi connectivity index (χ2n) is 4.76. The number of rotatable bonds is 2. The Bertz CT molecular complexity index is 650. The number of nitrogen functional groups attached to an aromatic ring is 1. The Balaban J connectivity index is 2.44. The minimum atomic E-state index is -0.770. The first kappa shape index (κ1) is 12.8. The molecule has 0 spiro atoms. The van der Waals surface area contributed by atoms with Crippen LogP contribution in [0.1, 0.15) is 29.8 Å². The molecule has 2 rings (SSSR count). The van der Waals surface area contributed by atoms with Crippen LogP contribution in [0, 0.1) is 11.3 Å². The molecule has 2 N–H and O–H groups in total. The second-order valence-corrected chi connectivity index (χ2v) is 4.76. The molecule has 0 saturated heterocycles. The number of nitrogens with zero attached hydrogens (tertiary/aromatic N) is 3. The zero-order valence-electron chi connectivity index (χ0n) is 10.8. The van der Waals surface area contributed by atoms with E-state index in [1.807, 2.05) is 36.4 Å². The van der Waals surface area contributed by atoms with E-state index < -0.39 is 5.41 Å². The number of nitriles is 1. The van der Waals surface area contributed by atoms with Gasteiger partial charge < -0.3 is 5.73 Å². The summed E-state index contributed by atoms with van der Waals surface area (Å²) in [5, 5.41) is 12.7. The first-order chi connectivity index (χ1) is 8.98. The van der Waals surface area contributed by atoms with Crippen molar-refractivity contribution in [3.63, 3.8) is 0 Å². The summed E-state index contributed by atoms with van der Waals surface area (Å²) in [5.41, 5.74) is 6.05. The Morgan fingerprint density at radius 3 is 2.53 bits per heavy atom. The number of benzene rings is 1. The third-order valence-electron chi connectivity index (χ3n) is 3.15. The van der Waals surface area contributed by atoms with Crippen molar-refractivity contribution in [3.8, 4) is 6.07 Å². The average molecular weight is 254 g/mol. The van der Waals surface area contributed by atoms with E-state index in [4.69, 9.17) is 11.0 Å². The molecule has 1 aromatic heterocycles. The Labute approximate surface area is 111 Å². The van der Waals surface area contributed by atoms with E-state index in [9.17, 15) is 4.79 Å². The third-order valence-corrected chi connectivity index (χ3v) is 3.15. The van der Waals surface area contributed by atoms with E-state index in [0.717, 1.165) is 10.2 Å². The molecule has 2 aromatic rings. The molecular formula is C14H14N4O. The molecule has 1 aromatic carbocycles. The summed E-state index contributed by atoms with van der Waals surface area (Å²) in [4.78, 5) is 12.5. The monoisotopic (exact) mass is 254 g/mol. The molecule has 0 fully saturated rings. The van der Waals surface area contributed by atoms with Gasteiger partial charge in [0.25, 0.3) is 5.91 Å². The topological polar surface area (TPSA) is 84.7 Å². The molecule has 5 nitrogen and oxygen atoms in total. The van der Waals surface area contributed by atoms with Crippen LogP contribution in [0.4, 0.5) is 5.82 Å². The summed E-state index contributed by atoms with van der Waals surface area (Å²) in [6.07, 6.45) is 1.30. The number of anilines is 1. The maximum Gasteiger partial charge on any atom is 0.258 e. The molecule has 0 radical (unpaired) electrons. The van der Waals surface area contributed by atoms with Crippen LogP contribution in [0.2, 0.25) is 0 Å². The zero-order chi connectivity index (χ0) is 14.0. The molecule has 0 unspecified atom stereocenters. The molecule has 0 amide bonds. The predicted molar refractivity (Wildman–Crippen MR) is 71.4 cm³/mol. The van der Waals surface area contributed by atoms with E-state index in [2.05, 4.69) is 5.10 Å². The van der Waals surface area contributed by atoms with Crippen molar-refractivity contribution >= 4 is 11.7 Å². The molecule has 19 heavy (non-hydrogen) atoms. The van der Waals surface area contributed by atoms with Gasteiger partial charge in [-0.2, -0.15) is 15.0 Å². The second kappa shape index (κ2) is 4.58. The average Bonchev–Trinajstić information content (AvgIpc) is 2.79. The maximum absolute atomic E-state index is 12.5. The van der Waals surface area contributed by atoms with Crippen molar-refractivity contribution in [2.24, 2.45) is 0 Å². The minimum absolute atomic E-state index is 0.0801. The van der Waals surface area contributed by atoms with E-state index in [0.29, 0.717) is 0 Å². The number of hydrogen-bond acceptors (Lipinski definition) is 4. The molecule has 0 saturated carbocycles. The van der Waals surface area contributed by atoms with Gasteiger partial charge in [0, 0.05) is 0 Å². The van der Waals surface area contributed by atoms with Gasteiger partial charge in [0.1, 0.15) is 17.5 Å². The highest BCUT2D eigenvalue weighted by atomic mass is 16.2. The number of carbonyl (C=O) groups excluding carboxylic acids is 1. The van der Waals surface area contributed by atoms with Gasteiger partial charge in [0.15, 0.2) is 0 Å². The normalized spacial score (nSPS) is 11.0. The first-order valence-electron chi connectivity index (χ1n) is 5.82. The SMILES string of the molecule is CC(C)(C(=O)n1ncc(C#N)c1N)c1ccccc1. The van der Waals surface area contributed by atoms with Crippen LogP contribution in [0.5, 0.6) is 0 Å². The van der Waals surface area contributed by atoms with Crippen LogP contribution >= 0.6 is 0 Å². The van der Waals surface area contributed by atoms with Gasteiger partial charge in [-0.05, 0) is 19.4 Å². The molecule has 0 aliphatic carbocycles. The molecule has 5 heteroatoms. The van der Waals surface area contributed by atoms with Crippen molar-refractivity contribution < 1.29 is 4.79 Å². The molecule has 96 valence electrons. The lowest BCUT2D eigenvalue weighted by Crippen LogP contribution is -2.35. The van der Waals surface area contributed by atoms with E-state index >= 15 is 0 Å². The fraction of sp³-hybridized carbons (Fsp3) is 0.214. The molecule has 0 bridgehead atoms. The lowest BCUT2D eigenvalue weighted by molar-refractivity contribution is 0.0808. The smallest absolute Gasteiger partial charge is 0.258 e. The Morgan fingerprint density at radius 2 is 2.00 bits per heavy atom. The zero-order valence-corrected chi connectivity index (χ0v) is 10.8. The van der Waals surface area contributed by atoms with E-state index in [1.165, 1.54) is 6.20 Å². The van der Waals surface area contributed by atoms with Gasteiger partial charge in [0.05, 0.1) is 11.6 Å².